The summed E-state index contributed by atoms with van der Waals surface area (Å²) < 4.78 is 0. The summed E-state index contributed by atoms with van der Waals surface area (Å²) in [6.45, 7) is 8.24. The van der Waals surface area contributed by atoms with Crippen molar-refractivity contribution >= 4 is 11.7 Å². The van der Waals surface area contributed by atoms with Crippen LogP contribution >= 0.6 is 0 Å². The van der Waals surface area contributed by atoms with Crippen LogP contribution in [0, 0.1) is 6.92 Å². The van der Waals surface area contributed by atoms with Gasteiger partial charge in [0.15, 0.2) is 0 Å². The summed E-state index contributed by atoms with van der Waals surface area (Å²) in [7, 11) is 0. The Bertz CT molecular complexity index is 857. The minimum atomic E-state index is -0.0196. The number of anilines is 1. The predicted molar refractivity (Wildman–Crippen MR) is 117 cm³/mol. The maximum absolute atomic E-state index is 11.8. The standard InChI is InChI=1S/C23H31N5O2/c1-18-3-2-4-20(25-18)16-27-13-12-26(17-22(27)9-14-29)15-19-5-7-21(8-6-19)28-11-10-24-23(28)30/h2-8,22,29H,9-17H2,1H3,(H,24,30). The van der Waals surface area contributed by atoms with E-state index in [0.29, 0.717) is 12.6 Å². The monoisotopic (exact) mass is 409 g/mol. The zero-order chi connectivity index (χ0) is 20.9. The molecule has 1 aromatic carbocycles. The molecule has 3 heterocycles. The zero-order valence-electron chi connectivity index (χ0n) is 17.6. The van der Waals surface area contributed by atoms with Gasteiger partial charge in [0.05, 0.1) is 5.69 Å². The normalized spacial score (nSPS) is 20.5. The van der Waals surface area contributed by atoms with E-state index in [1.165, 1.54) is 5.56 Å². The number of rotatable bonds is 7. The number of benzene rings is 1. The molecule has 1 unspecified atom stereocenters. The van der Waals surface area contributed by atoms with Gasteiger partial charge in [-0.3, -0.25) is 19.7 Å². The van der Waals surface area contributed by atoms with Crippen LogP contribution in [-0.2, 0) is 13.1 Å². The van der Waals surface area contributed by atoms with Crippen LogP contribution in [0.1, 0.15) is 23.4 Å². The molecule has 2 aliphatic heterocycles. The lowest BCUT2D eigenvalue weighted by Gasteiger charge is -2.41. The quantitative estimate of drug-likeness (QED) is 0.732. The van der Waals surface area contributed by atoms with Crippen molar-refractivity contribution in [2.45, 2.75) is 32.5 Å². The van der Waals surface area contributed by atoms with Gasteiger partial charge in [-0.05, 0) is 43.2 Å². The smallest absolute Gasteiger partial charge is 0.321 e. The summed E-state index contributed by atoms with van der Waals surface area (Å²) in [4.78, 5) is 23.2. The van der Waals surface area contributed by atoms with Crippen LogP contribution in [0.3, 0.4) is 0 Å². The van der Waals surface area contributed by atoms with E-state index in [9.17, 15) is 9.90 Å². The molecule has 7 heteroatoms. The minimum absolute atomic E-state index is 0.0196. The molecule has 1 atom stereocenters. The number of amides is 2. The number of aromatic nitrogens is 1. The van der Waals surface area contributed by atoms with Gasteiger partial charge in [0.2, 0.25) is 0 Å². The molecule has 0 saturated carbocycles. The van der Waals surface area contributed by atoms with Crippen LogP contribution in [-0.4, -0.2) is 71.3 Å². The second-order valence-electron chi connectivity index (χ2n) is 8.19. The first-order chi connectivity index (χ1) is 14.6. The van der Waals surface area contributed by atoms with Gasteiger partial charge in [-0.25, -0.2) is 4.79 Å². The van der Waals surface area contributed by atoms with Gasteiger partial charge in [-0.2, -0.15) is 0 Å². The summed E-state index contributed by atoms with van der Waals surface area (Å²) in [5, 5.41) is 12.4. The number of urea groups is 1. The molecule has 1 aromatic heterocycles. The number of hydrogen-bond donors (Lipinski definition) is 2. The number of piperazine rings is 1. The van der Waals surface area contributed by atoms with E-state index in [-0.39, 0.29) is 12.6 Å². The van der Waals surface area contributed by atoms with Crippen LogP contribution in [0.2, 0.25) is 0 Å². The molecule has 0 aliphatic carbocycles. The number of hydrogen-bond acceptors (Lipinski definition) is 5. The molecule has 2 N–H and O–H groups in total. The predicted octanol–water partition coefficient (Wildman–Crippen LogP) is 1.99. The van der Waals surface area contributed by atoms with Crippen molar-refractivity contribution in [3.05, 3.63) is 59.4 Å². The van der Waals surface area contributed by atoms with Gasteiger partial charge in [-0.15, -0.1) is 0 Å². The van der Waals surface area contributed by atoms with Crippen LogP contribution in [0.5, 0.6) is 0 Å². The van der Waals surface area contributed by atoms with Gasteiger partial charge < -0.3 is 10.4 Å². The second-order valence-corrected chi connectivity index (χ2v) is 8.19. The number of carbonyl (C=O) groups excluding carboxylic acids is 1. The Morgan fingerprint density at radius 3 is 2.63 bits per heavy atom. The van der Waals surface area contributed by atoms with Gasteiger partial charge >= 0.3 is 6.03 Å². The van der Waals surface area contributed by atoms with Gasteiger partial charge in [0.1, 0.15) is 0 Å². The molecule has 2 amide bonds. The largest absolute Gasteiger partial charge is 0.396 e. The summed E-state index contributed by atoms with van der Waals surface area (Å²) in [5.74, 6) is 0. The Labute approximate surface area is 178 Å². The van der Waals surface area contributed by atoms with Crippen molar-refractivity contribution in [1.29, 1.82) is 0 Å². The highest BCUT2D eigenvalue weighted by Gasteiger charge is 2.27. The lowest BCUT2D eigenvalue weighted by molar-refractivity contribution is 0.0491. The van der Waals surface area contributed by atoms with E-state index in [4.69, 9.17) is 0 Å². The summed E-state index contributed by atoms with van der Waals surface area (Å²) in [5.41, 5.74) is 4.32. The number of nitrogens with one attached hydrogen (secondary N) is 1. The average Bonchev–Trinajstić information content (AvgIpc) is 3.17. The van der Waals surface area contributed by atoms with Crippen LogP contribution in [0.4, 0.5) is 10.5 Å². The van der Waals surface area contributed by atoms with Crippen LogP contribution in [0.15, 0.2) is 42.5 Å². The number of pyridine rings is 1. The maximum Gasteiger partial charge on any atom is 0.321 e. The van der Waals surface area contributed by atoms with E-state index in [0.717, 1.165) is 62.8 Å². The first kappa shape index (κ1) is 20.8. The summed E-state index contributed by atoms with van der Waals surface area (Å²) in [6.07, 6.45) is 0.769. The molecule has 2 aliphatic rings. The number of aliphatic hydroxyl groups is 1. The fourth-order valence-electron chi connectivity index (χ4n) is 4.38. The lowest BCUT2D eigenvalue weighted by atomic mass is 10.1. The van der Waals surface area contributed by atoms with E-state index >= 15 is 0 Å². The van der Waals surface area contributed by atoms with Gasteiger partial charge in [-0.1, -0.05) is 18.2 Å². The SMILES string of the molecule is Cc1cccc(CN2CCN(Cc3ccc(N4CCNC4=O)cc3)CC2CCO)n1. The lowest BCUT2D eigenvalue weighted by Crippen LogP contribution is -2.52. The molecular weight excluding hydrogens is 378 g/mol. The number of carbonyl (C=O) groups is 1. The van der Waals surface area contributed by atoms with Crippen LogP contribution in [0.25, 0.3) is 0 Å². The van der Waals surface area contributed by atoms with E-state index in [1.807, 2.05) is 25.1 Å². The Hall–Kier alpha value is -2.48. The molecule has 0 bridgehead atoms. The Balaban J connectivity index is 1.36. The van der Waals surface area contributed by atoms with Gasteiger partial charge in [0.25, 0.3) is 0 Å². The zero-order valence-corrected chi connectivity index (χ0v) is 17.6. The van der Waals surface area contributed by atoms with Crippen molar-refractivity contribution in [2.24, 2.45) is 0 Å². The Morgan fingerprint density at radius 1 is 1.10 bits per heavy atom. The molecule has 4 rings (SSSR count). The number of aliphatic hydroxyl groups excluding tert-OH is 1. The van der Waals surface area contributed by atoms with Crippen molar-refractivity contribution in [1.82, 2.24) is 20.1 Å². The second kappa shape index (κ2) is 9.55. The minimum Gasteiger partial charge on any atom is -0.396 e. The fraction of sp³-hybridized carbons (Fsp3) is 0.478. The molecule has 7 nitrogen and oxygen atoms in total. The van der Waals surface area contributed by atoms with E-state index in [1.54, 1.807) is 4.90 Å². The molecule has 30 heavy (non-hydrogen) atoms. The first-order valence-electron chi connectivity index (χ1n) is 10.8. The summed E-state index contributed by atoms with van der Waals surface area (Å²) in [6, 6.07) is 14.8. The molecule has 0 spiro atoms. The Kier molecular flexibility index (Phi) is 6.62. The highest BCUT2D eigenvalue weighted by atomic mass is 16.3. The molecule has 0 radical (unpaired) electrons. The van der Waals surface area contributed by atoms with Gasteiger partial charge in [0, 0.05) is 69.8 Å². The highest BCUT2D eigenvalue weighted by Crippen LogP contribution is 2.21. The third-order valence-electron chi connectivity index (χ3n) is 5.97. The molecular formula is C23H31N5O2. The number of aryl methyl sites for hydroxylation is 1. The third kappa shape index (κ3) is 4.98. The van der Waals surface area contributed by atoms with Crippen molar-refractivity contribution in [3.8, 4) is 0 Å². The average molecular weight is 410 g/mol. The molecule has 2 fully saturated rings. The number of nitrogens with zero attached hydrogens (tertiary/aromatic N) is 4. The molecule has 160 valence electrons. The van der Waals surface area contributed by atoms with Crippen molar-refractivity contribution in [2.75, 3.05) is 44.2 Å². The van der Waals surface area contributed by atoms with Crippen molar-refractivity contribution in [3.63, 3.8) is 0 Å². The molecule has 2 aromatic rings. The fourth-order valence-corrected chi connectivity index (χ4v) is 4.38. The van der Waals surface area contributed by atoms with E-state index < -0.39 is 0 Å². The first-order valence-corrected chi connectivity index (χ1v) is 10.8. The maximum atomic E-state index is 11.8. The molecule has 2 saturated heterocycles. The highest BCUT2D eigenvalue weighted by molar-refractivity contribution is 5.93. The van der Waals surface area contributed by atoms with E-state index in [2.05, 4.69) is 44.4 Å². The Morgan fingerprint density at radius 2 is 1.93 bits per heavy atom. The van der Waals surface area contributed by atoms with Crippen molar-refractivity contribution < 1.29 is 9.90 Å². The third-order valence-corrected chi connectivity index (χ3v) is 5.97. The van der Waals surface area contributed by atoms with Crippen LogP contribution < -0.4 is 10.2 Å². The summed E-state index contributed by atoms with van der Waals surface area (Å²) >= 11 is 0. The topological polar surface area (TPSA) is 71.9 Å².